The summed E-state index contributed by atoms with van der Waals surface area (Å²) in [5.41, 5.74) is -19.2. The second kappa shape index (κ2) is 17.9. The van der Waals surface area contributed by atoms with Gasteiger partial charge in [-0.3, -0.25) is 4.98 Å². The van der Waals surface area contributed by atoms with E-state index in [1.54, 1.807) is 0 Å². The largest absolute Gasteiger partial charge is 1.00 e. The number of benzene rings is 4. The van der Waals surface area contributed by atoms with Gasteiger partial charge in [0.05, 0.1) is 84.1 Å². The monoisotopic (exact) mass is 1170 g/mol. The van der Waals surface area contributed by atoms with Gasteiger partial charge in [0.2, 0.25) is 23.3 Å². The number of likely N-dealkylation sites (tertiary alicyclic amines) is 1. The average molecular weight is 1170 g/mol. The minimum atomic E-state index is -2.71. The first-order chi connectivity index (χ1) is 34.3. The lowest BCUT2D eigenvalue weighted by Crippen LogP contribution is -3.00. The van der Waals surface area contributed by atoms with Gasteiger partial charge in [0.1, 0.15) is 0 Å². The van der Waals surface area contributed by atoms with Crippen molar-refractivity contribution in [3.8, 4) is 44.5 Å². The van der Waals surface area contributed by atoms with Crippen molar-refractivity contribution in [2.45, 2.75) is 11.8 Å². The molecular formula is C48H20F20IN5. The number of rotatable bonds is 4. The van der Waals surface area contributed by atoms with E-state index in [4.69, 9.17) is 0 Å². The van der Waals surface area contributed by atoms with E-state index in [9.17, 15) is 17.6 Å². The van der Waals surface area contributed by atoms with E-state index in [0.717, 1.165) is 0 Å². The summed E-state index contributed by atoms with van der Waals surface area (Å²) in [6.45, 7) is -0.611. The zero-order valence-electron chi connectivity index (χ0n) is 36.3. The van der Waals surface area contributed by atoms with Crippen LogP contribution in [0.5, 0.6) is 0 Å². The molecule has 3 aliphatic heterocycles. The third-order valence-electron chi connectivity index (χ3n) is 12.8. The van der Waals surface area contributed by atoms with Gasteiger partial charge in [0, 0.05) is 44.3 Å². The number of hydrogen-bond donors (Lipinski definition) is 2. The van der Waals surface area contributed by atoms with Crippen molar-refractivity contribution in [1.82, 2.24) is 19.9 Å². The number of H-pyrrole nitrogens is 2. The Labute approximate surface area is 416 Å². The Morgan fingerprint density at radius 3 is 0.797 bits per heavy atom. The number of fused-ring (bicyclic) bond motifs is 11. The van der Waals surface area contributed by atoms with Crippen molar-refractivity contribution in [1.29, 1.82) is 0 Å². The van der Waals surface area contributed by atoms with Gasteiger partial charge in [-0.05, 0) is 36.4 Å². The number of likely N-dealkylation sites (N-methyl/N-ethyl adjacent to an activating group) is 1. The second-order valence-electron chi connectivity index (χ2n) is 17.5. The molecule has 2 atom stereocenters. The molecule has 0 aliphatic carbocycles. The molecule has 8 bridgehead atoms. The number of nitrogens with one attached hydrogen (secondary N) is 2. The molecule has 0 saturated carbocycles. The molecule has 5 nitrogen and oxygen atoms in total. The Morgan fingerprint density at radius 1 is 0.324 bits per heavy atom. The Kier molecular flexibility index (Phi) is 12.5. The molecule has 6 heterocycles. The van der Waals surface area contributed by atoms with Gasteiger partial charge in [-0.15, -0.1) is 0 Å². The zero-order chi connectivity index (χ0) is 52.9. The second-order valence-corrected chi connectivity index (χ2v) is 17.5. The van der Waals surface area contributed by atoms with Crippen LogP contribution >= 0.6 is 0 Å². The van der Waals surface area contributed by atoms with Gasteiger partial charge < -0.3 is 38.4 Å². The zero-order valence-corrected chi connectivity index (χ0v) is 38.5. The molecular weight excluding hydrogens is 1150 g/mol. The highest BCUT2D eigenvalue weighted by atomic mass is 127. The first-order valence-corrected chi connectivity index (χ1v) is 20.7. The van der Waals surface area contributed by atoms with Gasteiger partial charge in [-0.1, -0.05) is 0 Å². The van der Waals surface area contributed by atoms with Crippen molar-refractivity contribution < 1.29 is 116 Å². The SMILES string of the molecule is C[N+]1(C)CC2c3nc(c(-c4c(F)c(F)c(F)c(F)c4F)c4ccc([nH]4)c(-c4c(F)c(F)c(F)c(F)c4F)c4nc(c(-c5c(F)c(F)c(F)c(F)c5F)c5ccc([nH]5)c3-c3c(F)c(F)c(F)c(F)c3F)C=C4)C2C1.[I-]. The predicted octanol–water partition coefficient (Wildman–Crippen LogP) is 10.9. The molecule has 3 aliphatic rings. The fraction of sp³-hybridized carbons (Fsp3) is 0.125. The minimum Gasteiger partial charge on any atom is -1.00 e. The van der Waals surface area contributed by atoms with Gasteiger partial charge in [0.15, 0.2) is 93.1 Å². The summed E-state index contributed by atoms with van der Waals surface area (Å²) in [6.07, 6.45) is 1.26. The Bertz CT molecular complexity index is 3530. The van der Waals surface area contributed by atoms with Gasteiger partial charge in [0.25, 0.3) is 0 Å². The Balaban J connectivity index is 0.00000672. The van der Waals surface area contributed by atoms with E-state index in [-0.39, 0.29) is 41.5 Å². The highest BCUT2D eigenvalue weighted by Crippen LogP contribution is 2.53. The normalized spacial score (nSPS) is 15.8. The maximum absolute atomic E-state index is 16.3. The standard InChI is InChI=1S/C48H20F20N5.HI/c1-73(2)9-11-12(10-73)48-22(26-33(55)41(63)46(68)42(64)34(26)56)18-8-6-16(71-18)20(24-29(51)37(59)44(66)38(60)30(24)52)14-4-3-13(69-14)19(23-27(49)35(57)43(65)36(58)28(23)50)15-5-7-17(70-15)21(47(11)72-48)25-31(53)39(61)45(67)40(62)32(25)54;/h3-8,11-12,70-71H,9-10H2,1-2H3;1H/q+1;/p-1. The van der Waals surface area contributed by atoms with Crippen molar-refractivity contribution in [2.24, 2.45) is 0 Å². The molecule has 0 radical (unpaired) electrons. The summed E-state index contributed by atoms with van der Waals surface area (Å²) in [6, 6.07) is 2.79. The maximum Gasteiger partial charge on any atom is 0.200 e. The molecule has 1 fully saturated rings. The molecule has 7 aromatic rings. The van der Waals surface area contributed by atoms with Crippen molar-refractivity contribution in [3.63, 3.8) is 0 Å². The van der Waals surface area contributed by atoms with Crippen LogP contribution in [0.3, 0.4) is 0 Å². The van der Waals surface area contributed by atoms with Crippen LogP contribution in [-0.4, -0.2) is 51.6 Å². The van der Waals surface area contributed by atoms with Crippen LogP contribution in [0, 0.1) is 116 Å². The van der Waals surface area contributed by atoms with Gasteiger partial charge >= 0.3 is 0 Å². The first kappa shape index (κ1) is 51.9. The van der Waals surface area contributed by atoms with Crippen molar-refractivity contribution in [3.05, 3.63) is 163 Å². The third-order valence-corrected chi connectivity index (χ3v) is 12.8. The van der Waals surface area contributed by atoms with E-state index in [0.29, 0.717) is 36.4 Å². The summed E-state index contributed by atoms with van der Waals surface area (Å²) in [7, 11) is 2.96. The van der Waals surface area contributed by atoms with E-state index in [1.807, 2.05) is 0 Å². The summed E-state index contributed by atoms with van der Waals surface area (Å²) < 4.78 is 309. The molecule has 2 N–H and O–H groups in total. The van der Waals surface area contributed by atoms with Crippen LogP contribution in [0.15, 0.2) is 24.3 Å². The summed E-state index contributed by atoms with van der Waals surface area (Å²) >= 11 is 0. The number of quaternary nitrogens is 1. The number of aromatic amines is 2. The fourth-order valence-electron chi connectivity index (χ4n) is 9.64. The smallest absolute Gasteiger partial charge is 0.200 e. The molecule has 26 heteroatoms. The topological polar surface area (TPSA) is 57.4 Å². The van der Waals surface area contributed by atoms with Crippen molar-refractivity contribution >= 4 is 34.2 Å². The lowest BCUT2D eigenvalue weighted by atomic mass is 9.86. The molecule has 74 heavy (non-hydrogen) atoms. The highest BCUT2D eigenvalue weighted by molar-refractivity contribution is 5.98. The fourth-order valence-corrected chi connectivity index (χ4v) is 9.64. The third kappa shape index (κ3) is 7.38. The Hall–Kier alpha value is -6.97. The maximum atomic E-state index is 16.3. The van der Waals surface area contributed by atoms with Gasteiger partial charge in [-0.25, -0.2) is 92.8 Å². The molecule has 4 aromatic carbocycles. The quantitative estimate of drug-likeness (QED) is 0.0607. The molecule has 1 saturated heterocycles. The van der Waals surface area contributed by atoms with Gasteiger partial charge in [-0.2, -0.15) is 0 Å². The number of aromatic nitrogens is 4. The van der Waals surface area contributed by atoms with Crippen LogP contribution in [0.2, 0.25) is 0 Å². The lowest BCUT2D eigenvalue weighted by molar-refractivity contribution is -0.879. The predicted molar refractivity (Wildman–Crippen MR) is 218 cm³/mol. The van der Waals surface area contributed by atoms with Crippen LogP contribution < -0.4 is 24.0 Å². The van der Waals surface area contributed by atoms with E-state index >= 15 is 70.2 Å². The van der Waals surface area contributed by atoms with Crippen molar-refractivity contribution in [2.75, 3.05) is 27.2 Å². The van der Waals surface area contributed by atoms with Crippen LogP contribution in [0.4, 0.5) is 87.8 Å². The lowest BCUT2D eigenvalue weighted by Gasteiger charge is -2.24. The molecule has 0 spiro atoms. The molecule has 2 unspecified atom stereocenters. The molecule has 0 amide bonds. The first-order valence-electron chi connectivity index (χ1n) is 20.7. The van der Waals surface area contributed by atoms with Crippen LogP contribution in [0.25, 0.3) is 78.7 Å². The highest BCUT2D eigenvalue weighted by Gasteiger charge is 2.50. The number of halogens is 21. The summed E-state index contributed by atoms with van der Waals surface area (Å²) in [5, 5.41) is 0. The summed E-state index contributed by atoms with van der Waals surface area (Å²) in [5.74, 6) is -55.1. The molecule has 3 aromatic heterocycles. The molecule has 10 rings (SSSR count). The molecule has 384 valence electrons. The van der Waals surface area contributed by atoms with E-state index < -0.39 is 218 Å². The van der Waals surface area contributed by atoms with Crippen LogP contribution in [0.1, 0.15) is 34.6 Å². The number of hydrogen-bond acceptors (Lipinski definition) is 2. The Morgan fingerprint density at radius 2 is 0.541 bits per heavy atom. The average Bonchev–Trinajstić information content (AvgIpc) is 4.23. The van der Waals surface area contributed by atoms with E-state index in [1.165, 1.54) is 14.1 Å². The van der Waals surface area contributed by atoms with E-state index in [2.05, 4.69) is 19.9 Å². The minimum absolute atomic E-state index is 0. The summed E-state index contributed by atoms with van der Waals surface area (Å²) in [4.78, 5) is 13.1. The van der Waals surface area contributed by atoms with Crippen LogP contribution in [-0.2, 0) is 0 Å². The number of nitrogens with zero attached hydrogens (tertiary/aromatic N) is 3.